The van der Waals surface area contributed by atoms with E-state index in [9.17, 15) is 27.9 Å². The lowest BCUT2D eigenvalue weighted by Crippen LogP contribution is -2.40. The van der Waals surface area contributed by atoms with Crippen molar-refractivity contribution in [2.24, 2.45) is 11.8 Å². The summed E-state index contributed by atoms with van der Waals surface area (Å²) in [6, 6.07) is 4.24. The third kappa shape index (κ3) is 2.90. The van der Waals surface area contributed by atoms with Crippen LogP contribution in [0, 0.1) is 11.8 Å². The van der Waals surface area contributed by atoms with E-state index < -0.39 is 47.7 Å². The smallest absolute Gasteiger partial charge is 0.416 e. The SMILES string of the molecule is O=C(O)[C@@H]1[C@H](C(=O)Nc2cccc(C(F)(F)F)c2)[C@@H]2CC[C@H]1O2. The van der Waals surface area contributed by atoms with Gasteiger partial charge in [-0.3, -0.25) is 9.59 Å². The van der Waals surface area contributed by atoms with Crippen LogP contribution in [0.5, 0.6) is 0 Å². The van der Waals surface area contributed by atoms with Crippen molar-refractivity contribution in [3.8, 4) is 0 Å². The molecule has 124 valence electrons. The van der Waals surface area contributed by atoms with Crippen LogP contribution in [0.4, 0.5) is 18.9 Å². The third-order valence-electron chi connectivity index (χ3n) is 4.32. The summed E-state index contributed by atoms with van der Waals surface area (Å²) in [5.41, 5.74) is -0.897. The van der Waals surface area contributed by atoms with E-state index in [0.717, 1.165) is 12.1 Å². The van der Waals surface area contributed by atoms with E-state index in [1.807, 2.05) is 0 Å². The molecule has 2 heterocycles. The number of halogens is 3. The summed E-state index contributed by atoms with van der Waals surface area (Å²) in [5, 5.41) is 11.6. The molecule has 0 spiro atoms. The van der Waals surface area contributed by atoms with Crippen LogP contribution in [0.3, 0.4) is 0 Å². The van der Waals surface area contributed by atoms with E-state index in [1.54, 1.807) is 0 Å². The van der Waals surface area contributed by atoms with Gasteiger partial charge in [-0.05, 0) is 31.0 Å². The Kier molecular flexibility index (Phi) is 3.79. The number of amides is 1. The maximum atomic E-state index is 12.7. The summed E-state index contributed by atoms with van der Waals surface area (Å²) in [6.45, 7) is 0. The van der Waals surface area contributed by atoms with Crippen molar-refractivity contribution in [3.05, 3.63) is 29.8 Å². The molecule has 0 aliphatic carbocycles. The maximum absolute atomic E-state index is 12.7. The molecule has 0 saturated carbocycles. The second-order valence-electron chi connectivity index (χ2n) is 5.75. The van der Waals surface area contributed by atoms with Gasteiger partial charge in [-0.15, -0.1) is 0 Å². The van der Waals surface area contributed by atoms with E-state index in [-0.39, 0.29) is 5.69 Å². The largest absolute Gasteiger partial charge is 0.481 e. The van der Waals surface area contributed by atoms with Gasteiger partial charge < -0.3 is 15.2 Å². The molecule has 2 fully saturated rings. The lowest BCUT2D eigenvalue weighted by Gasteiger charge is -2.24. The number of hydrogen-bond acceptors (Lipinski definition) is 3. The molecule has 1 amide bonds. The molecule has 5 nitrogen and oxygen atoms in total. The number of carboxylic acids is 1. The monoisotopic (exact) mass is 329 g/mol. The average molecular weight is 329 g/mol. The van der Waals surface area contributed by atoms with Crippen molar-refractivity contribution in [2.75, 3.05) is 5.32 Å². The Labute approximate surface area is 129 Å². The number of ether oxygens (including phenoxy) is 1. The standard InChI is InChI=1S/C15H14F3NO4/c16-15(17,18)7-2-1-3-8(6-7)19-13(20)11-9-4-5-10(23-9)12(11)14(21)22/h1-3,6,9-12H,4-5H2,(H,19,20)(H,21,22)/t9-,10+,11+,12-/m0/s1. The predicted octanol–water partition coefficient (Wildman–Crippen LogP) is 2.52. The molecule has 23 heavy (non-hydrogen) atoms. The minimum Gasteiger partial charge on any atom is -0.481 e. The highest BCUT2D eigenvalue weighted by Crippen LogP contribution is 2.44. The summed E-state index contributed by atoms with van der Waals surface area (Å²) >= 11 is 0. The zero-order valence-electron chi connectivity index (χ0n) is 11.8. The molecule has 0 aromatic heterocycles. The van der Waals surface area contributed by atoms with E-state index in [2.05, 4.69) is 5.32 Å². The second kappa shape index (κ2) is 5.52. The van der Waals surface area contributed by atoms with Crippen molar-refractivity contribution in [2.45, 2.75) is 31.2 Å². The molecule has 2 saturated heterocycles. The number of carbonyl (C=O) groups excluding carboxylic acids is 1. The Morgan fingerprint density at radius 3 is 2.43 bits per heavy atom. The van der Waals surface area contributed by atoms with Crippen LogP contribution in [0.2, 0.25) is 0 Å². The van der Waals surface area contributed by atoms with Gasteiger partial charge >= 0.3 is 12.1 Å². The molecule has 8 heteroatoms. The van der Waals surface area contributed by atoms with Crippen molar-refractivity contribution in [1.82, 2.24) is 0 Å². The van der Waals surface area contributed by atoms with Crippen LogP contribution >= 0.6 is 0 Å². The Morgan fingerprint density at radius 1 is 1.17 bits per heavy atom. The van der Waals surface area contributed by atoms with E-state index in [1.165, 1.54) is 12.1 Å². The highest BCUT2D eigenvalue weighted by Gasteiger charge is 2.55. The third-order valence-corrected chi connectivity index (χ3v) is 4.32. The van der Waals surface area contributed by atoms with Crippen LogP contribution in [0.25, 0.3) is 0 Å². The second-order valence-corrected chi connectivity index (χ2v) is 5.75. The summed E-state index contributed by atoms with van der Waals surface area (Å²) in [6.07, 6.45) is -4.36. The quantitative estimate of drug-likeness (QED) is 0.893. The molecule has 1 aromatic carbocycles. The molecular formula is C15H14F3NO4. The van der Waals surface area contributed by atoms with Gasteiger partial charge in [0.15, 0.2) is 0 Å². The average Bonchev–Trinajstić information content (AvgIpc) is 3.07. The maximum Gasteiger partial charge on any atom is 0.416 e. The molecule has 2 bridgehead atoms. The predicted molar refractivity (Wildman–Crippen MR) is 72.6 cm³/mol. The molecular weight excluding hydrogens is 315 g/mol. The van der Waals surface area contributed by atoms with Gasteiger partial charge in [-0.1, -0.05) is 6.07 Å². The number of fused-ring (bicyclic) bond motifs is 2. The Morgan fingerprint density at radius 2 is 1.83 bits per heavy atom. The molecule has 4 atom stereocenters. The van der Waals surface area contributed by atoms with Crippen LogP contribution in [-0.4, -0.2) is 29.2 Å². The highest BCUT2D eigenvalue weighted by atomic mass is 19.4. The molecule has 3 rings (SSSR count). The van der Waals surface area contributed by atoms with Crippen LogP contribution in [-0.2, 0) is 20.5 Å². The summed E-state index contributed by atoms with van der Waals surface area (Å²) in [5.74, 6) is -3.59. The zero-order chi connectivity index (χ0) is 16.8. The molecule has 2 N–H and O–H groups in total. The number of hydrogen-bond donors (Lipinski definition) is 2. The van der Waals surface area contributed by atoms with Gasteiger partial charge in [0.1, 0.15) is 0 Å². The van der Waals surface area contributed by atoms with Gasteiger partial charge in [0.25, 0.3) is 0 Å². The molecule has 0 unspecified atom stereocenters. The lowest BCUT2D eigenvalue weighted by molar-refractivity contribution is -0.147. The lowest BCUT2D eigenvalue weighted by atomic mass is 9.78. The van der Waals surface area contributed by atoms with Crippen LogP contribution in [0.1, 0.15) is 18.4 Å². The first kappa shape index (κ1) is 15.8. The Balaban J connectivity index is 1.78. The number of anilines is 1. The van der Waals surface area contributed by atoms with Gasteiger partial charge in [-0.25, -0.2) is 0 Å². The zero-order valence-corrected chi connectivity index (χ0v) is 11.8. The van der Waals surface area contributed by atoms with Gasteiger partial charge in [0.05, 0.1) is 29.6 Å². The summed E-state index contributed by atoms with van der Waals surface area (Å²) < 4.78 is 43.5. The molecule has 2 aliphatic heterocycles. The number of carboxylic acid groups (broad SMARTS) is 1. The van der Waals surface area contributed by atoms with Crippen molar-refractivity contribution >= 4 is 17.6 Å². The topological polar surface area (TPSA) is 75.6 Å². The Hall–Kier alpha value is -2.09. The normalized spacial score (nSPS) is 29.5. The summed E-state index contributed by atoms with van der Waals surface area (Å²) in [4.78, 5) is 23.7. The summed E-state index contributed by atoms with van der Waals surface area (Å²) in [7, 11) is 0. The first-order valence-electron chi connectivity index (χ1n) is 7.14. The highest BCUT2D eigenvalue weighted by molar-refractivity contribution is 5.96. The molecule has 1 aromatic rings. The number of benzene rings is 1. The van der Waals surface area contributed by atoms with Crippen LogP contribution in [0.15, 0.2) is 24.3 Å². The Bertz CT molecular complexity index is 646. The number of nitrogens with one attached hydrogen (secondary N) is 1. The van der Waals surface area contributed by atoms with E-state index in [0.29, 0.717) is 12.8 Å². The van der Waals surface area contributed by atoms with Crippen molar-refractivity contribution in [3.63, 3.8) is 0 Å². The van der Waals surface area contributed by atoms with E-state index >= 15 is 0 Å². The van der Waals surface area contributed by atoms with Gasteiger partial charge in [0, 0.05) is 5.69 Å². The fourth-order valence-corrected chi connectivity index (χ4v) is 3.32. The van der Waals surface area contributed by atoms with Crippen molar-refractivity contribution in [1.29, 1.82) is 0 Å². The number of alkyl halides is 3. The fourth-order valence-electron chi connectivity index (χ4n) is 3.32. The first-order valence-corrected chi connectivity index (χ1v) is 7.14. The van der Waals surface area contributed by atoms with Gasteiger partial charge in [-0.2, -0.15) is 13.2 Å². The fraction of sp³-hybridized carbons (Fsp3) is 0.467. The number of aliphatic carboxylic acids is 1. The number of carbonyl (C=O) groups is 2. The van der Waals surface area contributed by atoms with Gasteiger partial charge in [0.2, 0.25) is 5.91 Å². The van der Waals surface area contributed by atoms with E-state index in [4.69, 9.17) is 4.74 Å². The molecule has 0 radical (unpaired) electrons. The number of rotatable bonds is 3. The molecule has 2 aliphatic rings. The minimum atomic E-state index is -4.51. The van der Waals surface area contributed by atoms with Crippen molar-refractivity contribution < 1.29 is 32.6 Å². The first-order chi connectivity index (χ1) is 10.8. The minimum absolute atomic E-state index is 0.0169. The van der Waals surface area contributed by atoms with Crippen LogP contribution < -0.4 is 5.32 Å².